The molecule has 0 unspecified atom stereocenters. The third-order valence-corrected chi connectivity index (χ3v) is 6.16. The Morgan fingerprint density at radius 3 is 2.50 bits per heavy atom. The maximum Gasteiger partial charge on any atom is 0.338 e. The van der Waals surface area contributed by atoms with Crippen LogP contribution in [-0.2, 0) is 20.9 Å². The van der Waals surface area contributed by atoms with E-state index in [-0.39, 0.29) is 11.2 Å². The van der Waals surface area contributed by atoms with Gasteiger partial charge in [-0.25, -0.2) is 9.79 Å². The van der Waals surface area contributed by atoms with Gasteiger partial charge in [-0.2, -0.15) is 0 Å². The lowest BCUT2D eigenvalue weighted by molar-refractivity contribution is -0.137. The average molecular weight is 423 g/mol. The van der Waals surface area contributed by atoms with Gasteiger partial charge in [0.2, 0.25) is 5.91 Å². The van der Waals surface area contributed by atoms with Crippen LogP contribution in [0.25, 0.3) is 0 Å². The maximum absolute atomic E-state index is 12.8. The van der Waals surface area contributed by atoms with Gasteiger partial charge in [0.25, 0.3) is 0 Å². The number of amidine groups is 1. The van der Waals surface area contributed by atoms with E-state index in [9.17, 15) is 9.59 Å². The number of benzene rings is 2. The van der Waals surface area contributed by atoms with E-state index >= 15 is 0 Å². The molecule has 2 atom stereocenters. The van der Waals surface area contributed by atoms with E-state index < -0.39 is 12.0 Å². The minimum atomic E-state index is -0.571. The fourth-order valence-corrected chi connectivity index (χ4v) is 4.61. The predicted octanol–water partition coefficient (Wildman–Crippen LogP) is 4.09. The van der Waals surface area contributed by atoms with Gasteiger partial charge in [-0.3, -0.25) is 9.69 Å². The Bertz CT molecular complexity index is 1030. The highest BCUT2D eigenvalue weighted by atomic mass is 32.2. The number of ether oxygens (including phenoxy) is 2. The Balaban J connectivity index is 1.63. The highest BCUT2D eigenvalue weighted by Gasteiger charge is 2.46. The number of rotatable bonds is 5. The van der Waals surface area contributed by atoms with Crippen molar-refractivity contribution >= 4 is 28.8 Å². The highest BCUT2D eigenvalue weighted by molar-refractivity contribution is 8.15. The van der Waals surface area contributed by atoms with E-state index in [1.807, 2.05) is 61.5 Å². The molecule has 2 aromatic rings. The monoisotopic (exact) mass is 422 g/mol. The second-order valence-electron chi connectivity index (χ2n) is 7.10. The standard InChI is InChI=1S/C23H22N2O4S/c1-14-19(22(27)28-3)20(25-21(26)15(2)30-23(25)24-14)17-9-11-18(12-10-17)29-13-16-7-5-4-6-8-16/h4-12,15,20H,13H2,1-3H3/t15-,20+/m0/s1. The van der Waals surface area contributed by atoms with Crippen molar-refractivity contribution in [3.63, 3.8) is 0 Å². The Kier molecular flexibility index (Phi) is 5.63. The van der Waals surface area contributed by atoms with Gasteiger partial charge in [-0.05, 0) is 37.1 Å². The number of methoxy groups -OCH3 is 1. The number of amides is 1. The minimum Gasteiger partial charge on any atom is -0.489 e. The van der Waals surface area contributed by atoms with Crippen LogP contribution in [0, 0.1) is 0 Å². The second-order valence-corrected chi connectivity index (χ2v) is 8.41. The van der Waals surface area contributed by atoms with Crippen molar-refractivity contribution in [2.75, 3.05) is 7.11 Å². The minimum absolute atomic E-state index is 0.0675. The van der Waals surface area contributed by atoms with Crippen molar-refractivity contribution < 1.29 is 19.1 Å². The molecular formula is C23H22N2O4S. The van der Waals surface area contributed by atoms with Crippen molar-refractivity contribution in [2.24, 2.45) is 4.99 Å². The molecule has 1 saturated heterocycles. The molecule has 2 aliphatic rings. The number of esters is 1. The largest absolute Gasteiger partial charge is 0.489 e. The normalized spacial score (nSPS) is 20.7. The molecule has 0 N–H and O–H groups in total. The molecule has 1 amide bonds. The quantitative estimate of drug-likeness (QED) is 0.679. The molecule has 0 bridgehead atoms. The smallest absolute Gasteiger partial charge is 0.338 e. The highest BCUT2D eigenvalue weighted by Crippen LogP contribution is 2.43. The molecule has 2 heterocycles. The van der Waals surface area contributed by atoms with Crippen LogP contribution in [-0.4, -0.2) is 34.3 Å². The molecule has 0 spiro atoms. The fraction of sp³-hybridized carbons (Fsp3) is 0.261. The van der Waals surface area contributed by atoms with E-state index in [4.69, 9.17) is 9.47 Å². The van der Waals surface area contributed by atoms with E-state index in [1.165, 1.54) is 18.9 Å². The molecule has 4 rings (SSSR count). The molecule has 0 saturated carbocycles. The Hall–Kier alpha value is -3.06. The third kappa shape index (κ3) is 3.73. The van der Waals surface area contributed by atoms with Crippen LogP contribution in [0.5, 0.6) is 5.75 Å². The number of carbonyl (C=O) groups excluding carboxylic acids is 2. The van der Waals surface area contributed by atoms with Crippen LogP contribution >= 0.6 is 11.8 Å². The third-order valence-electron chi connectivity index (χ3n) is 5.11. The van der Waals surface area contributed by atoms with Gasteiger partial charge in [-0.1, -0.05) is 54.2 Å². The molecular weight excluding hydrogens is 400 g/mol. The average Bonchev–Trinajstić information content (AvgIpc) is 3.05. The van der Waals surface area contributed by atoms with Crippen molar-refractivity contribution in [3.05, 3.63) is 77.0 Å². The summed E-state index contributed by atoms with van der Waals surface area (Å²) in [4.78, 5) is 31.5. The van der Waals surface area contributed by atoms with E-state index in [2.05, 4.69) is 4.99 Å². The van der Waals surface area contributed by atoms with Gasteiger partial charge in [0, 0.05) is 0 Å². The molecule has 30 heavy (non-hydrogen) atoms. The molecule has 1 fully saturated rings. The first-order valence-corrected chi connectivity index (χ1v) is 10.5. The van der Waals surface area contributed by atoms with Gasteiger partial charge >= 0.3 is 5.97 Å². The van der Waals surface area contributed by atoms with Crippen LogP contribution in [0.2, 0.25) is 0 Å². The van der Waals surface area contributed by atoms with Gasteiger partial charge < -0.3 is 9.47 Å². The lowest BCUT2D eigenvalue weighted by atomic mass is 9.94. The van der Waals surface area contributed by atoms with Crippen molar-refractivity contribution in [2.45, 2.75) is 31.7 Å². The summed E-state index contributed by atoms with van der Waals surface area (Å²) in [6, 6.07) is 16.8. The van der Waals surface area contributed by atoms with Crippen LogP contribution in [0.3, 0.4) is 0 Å². The van der Waals surface area contributed by atoms with E-state index in [0.717, 1.165) is 11.1 Å². The lowest BCUT2D eigenvalue weighted by Gasteiger charge is -2.32. The molecule has 6 nitrogen and oxygen atoms in total. The number of carbonyl (C=O) groups is 2. The van der Waals surface area contributed by atoms with Crippen molar-refractivity contribution in [1.29, 1.82) is 0 Å². The van der Waals surface area contributed by atoms with Gasteiger partial charge in [-0.15, -0.1) is 0 Å². The Morgan fingerprint density at radius 1 is 1.13 bits per heavy atom. The zero-order valence-corrected chi connectivity index (χ0v) is 17.8. The van der Waals surface area contributed by atoms with E-state index in [0.29, 0.717) is 28.8 Å². The zero-order valence-electron chi connectivity index (χ0n) is 17.0. The van der Waals surface area contributed by atoms with Gasteiger partial charge in [0.05, 0.1) is 29.7 Å². The maximum atomic E-state index is 12.8. The molecule has 2 aliphatic heterocycles. The number of hydrogen-bond acceptors (Lipinski definition) is 6. The summed E-state index contributed by atoms with van der Waals surface area (Å²) in [5.41, 5.74) is 2.83. The van der Waals surface area contributed by atoms with Crippen LogP contribution in [0.1, 0.15) is 31.0 Å². The SMILES string of the molecule is COC(=O)C1=C(C)N=C2S[C@@H](C)C(=O)N2[C@@H]1c1ccc(OCc2ccccc2)cc1. The Morgan fingerprint density at radius 2 is 1.83 bits per heavy atom. The summed E-state index contributed by atoms with van der Waals surface area (Å²) >= 11 is 1.41. The zero-order chi connectivity index (χ0) is 21.3. The van der Waals surface area contributed by atoms with Crippen LogP contribution in [0.15, 0.2) is 70.9 Å². The lowest BCUT2D eigenvalue weighted by Crippen LogP contribution is -2.40. The topological polar surface area (TPSA) is 68.2 Å². The summed E-state index contributed by atoms with van der Waals surface area (Å²) in [6.45, 7) is 4.08. The van der Waals surface area contributed by atoms with Gasteiger partial charge in [0.15, 0.2) is 5.17 Å². The number of nitrogens with zero attached hydrogens (tertiary/aromatic N) is 2. The summed E-state index contributed by atoms with van der Waals surface area (Å²) in [5.74, 6) is 0.159. The number of allylic oxidation sites excluding steroid dienone is 1. The molecule has 7 heteroatoms. The van der Waals surface area contributed by atoms with Crippen molar-refractivity contribution in [3.8, 4) is 5.75 Å². The summed E-state index contributed by atoms with van der Waals surface area (Å²) in [6.07, 6.45) is 0. The second kappa shape index (κ2) is 8.36. The van der Waals surface area contributed by atoms with Gasteiger partial charge in [0.1, 0.15) is 12.4 Å². The van der Waals surface area contributed by atoms with Crippen LogP contribution in [0.4, 0.5) is 0 Å². The van der Waals surface area contributed by atoms with E-state index in [1.54, 1.807) is 11.8 Å². The molecule has 0 radical (unpaired) electrons. The molecule has 2 aromatic carbocycles. The number of fused-ring (bicyclic) bond motifs is 1. The molecule has 0 aliphatic carbocycles. The van der Waals surface area contributed by atoms with Crippen molar-refractivity contribution in [1.82, 2.24) is 4.90 Å². The summed E-state index contributed by atoms with van der Waals surface area (Å²) < 4.78 is 10.9. The number of thioether (sulfide) groups is 1. The first kappa shape index (κ1) is 20.2. The number of hydrogen-bond donors (Lipinski definition) is 0. The number of aliphatic imine (C=N–C) groups is 1. The fourth-order valence-electron chi connectivity index (χ4n) is 3.58. The predicted molar refractivity (Wildman–Crippen MR) is 116 cm³/mol. The first-order valence-electron chi connectivity index (χ1n) is 9.63. The first-order chi connectivity index (χ1) is 14.5. The summed E-state index contributed by atoms with van der Waals surface area (Å²) in [7, 11) is 1.34. The molecule has 154 valence electrons. The Labute approximate surface area is 179 Å². The van der Waals surface area contributed by atoms with Crippen LogP contribution < -0.4 is 4.74 Å². The molecule has 0 aromatic heterocycles. The summed E-state index contributed by atoms with van der Waals surface area (Å²) in [5, 5.41) is 0.372.